The van der Waals surface area contributed by atoms with Crippen molar-refractivity contribution in [2.24, 2.45) is 4.76 Å². The zero-order chi connectivity index (χ0) is 14.4. The molecule has 1 unspecified atom stereocenters. The highest BCUT2D eigenvalue weighted by atomic mass is 31.1. The van der Waals surface area contributed by atoms with Crippen LogP contribution in [0.5, 0.6) is 0 Å². The molecule has 0 bridgehead atoms. The average Bonchev–Trinajstić information content (AvgIpc) is 2.53. The maximum atomic E-state index is 11.9. The summed E-state index contributed by atoms with van der Waals surface area (Å²) in [6, 6.07) is 15.8. The van der Waals surface area contributed by atoms with E-state index in [1.54, 1.807) is 36.4 Å². The van der Waals surface area contributed by atoms with Crippen molar-refractivity contribution in [2.75, 3.05) is 7.11 Å². The first kappa shape index (κ1) is 14.1. The summed E-state index contributed by atoms with van der Waals surface area (Å²) in [6.07, 6.45) is 1.53. The summed E-state index contributed by atoms with van der Waals surface area (Å²) in [5, 5.41) is 0.685. The van der Waals surface area contributed by atoms with Crippen molar-refractivity contribution in [3.8, 4) is 0 Å². The number of nitrogens with zero attached hydrogens (tertiary/aromatic N) is 1. The molecule has 0 aliphatic rings. The van der Waals surface area contributed by atoms with E-state index in [4.69, 9.17) is 0 Å². The van der Waals surface area contributed by atoms with Gasteiger partial charge in [-0.15, -0.1) is 0 Å². The summed E-state index contributed by atoms with van der Waals surface area (Å²) in [5.41, 5.74) is 1.24. The number of ether oxygens (including phenoxy) is 1. The van der Waals surface area contributed by atoms with Gasteiger partial charge in [0.1, 0.15) is 0 Å². The maximum absolute atomic E-state index is 11.9. The predicted octanol–water partition coefficient (Wildman–Crippen LogP) is 2.96. The molecule has 4 nitrogen and oxygen atoms in total. The molecule has 2 aromatic carbocycles. The van der Waals surface area contributed by atoms with Gasteiger partial charge in [-0.05, 0) is 39.2 Å². The fourth-order valence-corrected chi connectivity index (χ4v) is 2.36. The quantitative estimate of drug-likeness (QED) is 0.493. The number of hydrogen-bond donors (Lipinski definition) is 0. The summed E-state index contributed by atoms with van der Waals surface area (Å²) >= 11 is 0. The van der Waals surface area contributed by atoms with Crippen LogP contribution >= 0.6 is 7.95 Å². The zero-order valence-electron chi connectivity index (χ0n) is 10.9. The first-order chi connectivity index (χ1) is 9.70. The molecule has 0 heterocycles. The van der Waals surface area contributed by atoms with Gasteiger partial charge < -0.3 is 4.74 Å². The Morgan fingerprint density at radius 2 is 1.75 bits per heavy atom. The lowest BCUT2D eigenvalue weighted by Gasteiger charge is -1.98. The van der Waals surface area contributed by atoms with Crippen molar-refractivity contribution in [3.05, 3.63) is 65.7 Å². The molecule has 0 fully saturated rings. The monoisotopic (exact) mass is 286 g/mol. The van der Waals surface area contributed by atoms with Crippen LogP contribution in [0.1, 0.15) is 15.9 Å². The van der Waals surface area contributed by atoms with Gasteiger partial charge in [0.25, 0.3) is 0 Å². The van der Waals surface area contributed by atoms with Crippen molar-refractivity contribution in [2.45, 2.75) is 0 Å². The molecule has 2 rings (SSSR count). The minimum Gasteiger partial charge on any atom is -0.465 e. The molecule has 0 aromatic heterocycles. The topological polar surface area (TPSA) is 55.7 Å². The Balaban J connectivity index is 2.08. The minimum atomic E-state index is -1.79. The number of carbonyl (C=O) groups excluding carboxylic acids is 1. The van der Waals surface area contributed by atoms with Crippen LogP contribution in [-0.2, 0) is 9.30 Å². The Kier molecular flexibility index (Phi) is 4.75. The van der Waals surface area contributed by atoms with Crippen molar-refractivity contribution in [1.29, 1.82) is 0 Å². The number of rotatable bonds is 4. The lowest BCUT2D eigenvalue weighted by molar-refractivity contribution is 0.0600. The average molecular weight is 286 g/mol. The van der Waals surface area contributed by atoms with E-state index in [-0.39, 0.29) is 5.97 Å². The molecule has 1 atom stereocenters. The van der Waals surface area contributed by atoms with Crippen molar-refractivity contribution in [3.63, 3.8) is 0 Å². The van der Waals surface area contributed by atoms with Gasteiger partial charge in [0.05, 0.1) is 18.9 Å². The standard InChI is InChI=1S/C15H13NO3P/c1-19-15(17)13-9-7-12(8-10-13)11-16-20(18)14-5-3-2-4-6-14/h2-11H,1H3/q+1. The second kappa shape index (κ2) is 6.73. The summed E-state index contributed by atoms with van der Waals surface area (Å²) in [5.74, 6) is -0.385. The summed E-state index contributed by atoms with van der Waals surface area (Å²) in [6.45, 7) is 0. The second-order valence-corrected chi connectivity index (χ2v) is 5.26. The molecule has 0 saturated carbocycles. The smallest absolute Gasteiger partial charge is 0.465 e. The fourth-order valence-electron chi connectivity index (χ4n) is 1.56. The molecule has 0 amide bonds. The Hall–Kier alpha value is -2.32. The van der Waals surface area contributed by atoms with E-state index >= 15 is 0 Å². The number of carbonyl (C=O) groups is 1. The zero-order valence-corrected chi connectivity index (χ0v) is 11.8. The van der Waals surface area contributed by atoms with E-state index in [9.17, 15) is 9.36 Å². The van der Waals surface area contributed by atoms with Crippen LogP contribution in [0, 0.1) is 0 Å². The molecule has 20 heavy (non-hydrogen) atoms. The molecule has 0 aliphatic heterocycles. The van der Waals surface area contributed by atoms with Crippen molar-refractivity contribution < 1.29 is 14.1 Å². The molecule has 2 aromatic rings. The number of methoxy groups -OCH3 is 1. The van der Waals surface area contributed by atoms with E-state index in [0.29, 0.717) is 10.9 Å². The van der Waals surface area contributed by atoms with Crippen molar-refractivity contribution in [1.82, 2.24) is 0 Å². The highest BCUT2D eigenvalue weighted by Gasteiger charge is 2.16. The largest absolute Gasteiger partial charge is 0.524 e. The summed E-state index contributed by atoms with van der Waals surface area (Å²) in [4.78, 5) is 11.3. The molecule has 5 heteroatoms. The van der Waals surface area contributed by atoms with Crippen LogP contribution in [0.4, 0.5) is 0 Å². The fraction of sp³-hybridized carbons (Fsp3) is 0.0667. The molecule has 0 radical (unpaired) electrons. The third kappa shape index (κ3) is 3.59. The Labute approximate surface area is 118 Å². The Morgan fingerprint density at radius 3 is 2.35 bits per heavy atom. The lowest BCUT2D eigenvalue weighted by atomic mass is 10.1. The molecule has 0 aliphatic carbocycles. The van der Waals surface area contributed by atoms with Gasteiger partial charge in [0, 0.05) is 0 Å². The van der Waals surface area contributed by atoms with Crippen LogP contribution in [0.3, 0.4) is 0 Å². The van der Waals surface area contributed by atoms with Gasteiger partial charge >= 0.3 is 13.9 Å². The van der Waals surface area contributed by atoms with Crippen LogP contribution in [0.2, 0.25) is 0 Å². The molecule has 0 spiro atoms. The Morgan fingerprint density at radius 1 is 1.10 bits per heavy atom. The lowest BCUT2D eigenvalue weighted by Crippen LogP contribution is -2.00. The second-order valence-electron chi connectivity index (χ2n) is 3.97. The van der Waals surface area contributed by atoms with E-state index in [2.05, 4.69) is 9.50 Å². The van der Waals surface area contributed by atoms with Gasteiger partial charge in [-0.25, -0.2) is 4.79 Å². The molecular weight excluding hydrogens is 273 g/mol. The number of benzene rings is 2. The normalized spacial score (nSPS) is 11.3. The molecule has 100 valence electrons. The van der Waals surface area contributed by atoms with Crippen LogP contribution in [0.15, 0.2) is 59.4 Å². The predicted molar refractivity (Wildman–Crippen MR) is 79.1 cm³/mol. The first-order valence-electron chi connectivity index (χ1n) is 5.95. The molecule has 0 saturated heterocycles. The van der Waals surface area contributed by atoms with Gasteiger partial charge in [-0.2, -0.15) is 0 Å². The SMILES string of the molecule is COC(=O)c1ccc(C=N[P+](=O)c2ccccc2)cc1. The van der Waals surface area contributed by atoms with Crippen LogP contribution in [0.25, 0.3) is 0 Å². The van der Waals surface area contributed by atoms with Gasteiger partial charge in [0.2, 0.25) is 5.30 Å². The van der Waals surface area contributed by atoms with E-state index in [0.717, 1.165) is 5.56 Å². The third-order valence-electron chi connectivity index (χ3n) is 2.62. The number of hydrogen-bond acceptors (Lipinski definition) is 3. The molecular formula is C15H13NO3P+. The third-order valence-corrected chi connectivity index (χ3v) is 3.69. The van der Waals surface area contributed by atoms with E-state index < -0.39 is 7.95 Å². The molecule has 0 N–H and O–H groups in total. The van der Waals surface area contributed by atoms with Crippen molar-refractivity contribution >= 4 is 25.4 Å². The van der Waals surface area contributed by atoms with E-state index in [1.165, 1.54) is 13.3 Å². The highest BCUT2D eigenvalue weighted by molar-refractivity contribution is 7.52. The van der Waals surface area contributed by atoms with Gasteiger partial charge in [-0.1, -0.05) is 30.3 Å². The minimum absolute atomic E-state index is 0.385. The maximum Gasteiger partial charge on any atom is 0.524 e. The van der Waals surface area contributed by atoms with Gasteiger partial charge in [0.15, 0.2) is 0 Å². The van der Waals surface area contributed by atoms with Gasteiger partial charge in [-0.3, -0.25) is 0 Å². The summed E-state index contributed by atoms with van der Waals surface area (Å²) in [7, 11) is -0.459. The number of esters is 1. The summed E-state index contributed by atoms with van der Waals surface area (Å²) < 4.78 is 20.6. The highest BCUT2D eigenvalue weighted by Crippen LogP contribution is 2.20. The Bertz CT molecular complexity index is 636. The van der Waals surface area contributed by atoms with E-state index in [1.807, 2.05) is 18.2 Å². The first-order valence-corrected chi connectivity index (χ1v) is 7.16. The van der Waals surface area contributed by atoms with Crippen LogP contribution in [-0.4, -0.2) is 19.3 Å². The van der Waals surface area contributed by atoms with Crippen LogP contribution < -0.4 is 5.30 Å².